The van der Waals surface area contributed by atoms with Crippen molar-refractivity contribution in [3.63, 3.8) is 0 Å². The molecule has 1 fully saturated rings. The number of likely N-dealkylation sites (N-methyl/N-ethyl adjacent to an activating group) is 1. The SMILES string of the molecule is CN1CCCC(c2ccc(S(N)=O)c(F)c2)C1.NC(=O)Nc1c2c(cc3c1CC3)CCC2. The standard InChI is InChI=1S/C12H17FN2OS.C12H14N2O/c1-15-6-2-3-10(8-15)9-4-5-12(17(14)16)11(13)7-9;13-12(15)14-11-9-3-1-2-7(9)6-8-4-5-10(8)11/h4-5,7,10H,2-3,6,8,14H2,1H3;6H,1-5H2,(H3,13,14,15). The second kappa shape index (κ2) is 9.68. The number of amides is 2. The number of primary amides is 1. The van der Waals surface area contributed by atoms with Crippen molar-refractivity contribution in [3.05, 3.63) is 57.9 Å². The number of anilines is 1. The third-order valence-corrected chi connectivity index (χ3v) is 7.53. The Labute approximate surface area is 191 Å². The van der Waals surface area contributed by atoms with Gasteiger partial charge < -0.3 is 16.0 Å². The topological polar surface area (TPSA) is 101 Å². The number of rotatable bonds is 3. The van der Waals surface area contributed by atoms with Crippen molar-refractivity contribution < 1.29 is 13.4 Å². The molecule has 2 unspecified atom stereocenters. The number of carbonyl (C=O) groups excluding carboxylic acids is 1. The lowest BCUT2D eigenvalue weighted by molar-refractivity contribution is 0.250. The Kier molecular flexibility index (Phi) is 6.93. The number of urea groups is 1. The number of fused-ring (bicyclic) bond motifs is 2. The molecule has 2 amide bonds. The third-order valence-electron chi connectivity index (χ3n) is 6.76. The van der Waals surface area contributed by atoms with Crippen LogP contribution < -0.4 is 16.2 Å². The molecule has 1 heterocycles. The summed E-state index contributed by atoms with van der Waals surface area (Å²) >= 11 is 0. The van der Waals surface area contributed by atoms with Crippen LogP contribution in [0.2, 0.25) is 0 Å². The number of carbonyl (C=O) groups is 1. The number of piperidine rings is 1. The number of hydrogen-bond acceptors (Lipinski definition) is 3. The zero-order chi connectivity index (χ0) is 22.8. The minimum atomic E-state index is -1.75. The normalized spacial score (nSPS) is 20.3. The van der Waals surface area contributed by atoms with Gasteiger partial charge in [-0.3, -0.25) is 0 Å². The van der Waals surface area contributed by atoms with E-state index < -0.39 is 22.8 Å². The molecule has 8 heteroatoms. The fourth-order valence-corrected chi connectivity index (χ4v) is 5.54. The van der Waals surface area contributed by atoms with Crippen molar-refractivity contribution in [2.24, 2.45) is 10.9 Å². The number of likely N-dealkylation sites (tertiary alicyclic amines) is 1. The number of aryl methyl sites for hydroxylation is 2. The Balaban J connectivity index is 0.000000154. The maximum absolute atomic E-state index is 13.7. The maximum atomic E-state index is 13.7. The molecule has 0 spiro atoms. The summed E-state index contributed by atoms with van der Waals surface area (Å²) in [6.45, 7) is 2.05. The molecule has 5 rings (SSSR count). The van der Waals surface area contributed by atoms with Crippen molar-refractivity contribution in [3.8, 4) is 0 Å². The average molecular weight is 459 g/mol. The van der Waals surface area contributed by atoms with Crippen molar-refractivity contribution in [1.82, 2.24) is 4.90 Å². The van der Waals surface area contributed by atoms with Crippen LogP contribution >= 0.6 is 0 Å². The number of nitrogens with two attached hydrogens (primary N) is 2. The largest absolute Gasteiger partial charge is 0.351 e. The quantitative estimate of drug-likeness (QED) is 0.657. The smallest absolute Gasteiger partial charge is 0.316 e. The summed E-state index contributed by atoms with van der Waals surface area (Å²) in [4.78, 5) is 13.3. The fraction of sp³-hybridized carbons (Fsp3) is 0.458. The van der Waals surface area contributed by atoms with Crippen LogP contribution in [0.25, 0.3) is 0 Å². The number of hydrogen-bond donors (Lipinski definition) is 3. The van der Waals surface area contributed by atoms with E-state index in [1.54, 1.807) is 0 Å². The van der Waals surface area contributed by atoms with Crippen molar-refractivity contribution in [2.45, 2.75) is 55.8 Å². The Hall–Kier alpha value is -2.29. The summed E-state index contributed by atoms with van der Waals surface area (Å²) in [5.74, 6) is -0.0972. The minimum Gasteiger partial charge on any atom is -0.351 e. The molecule has 6 nitrogen and oxygen atoms in total. The molecule has 0 radical (unpaired) electrons. The zero-order valence-corrected chi connectivity index (χ0v) is 19.3. The molecule has 32 heavy (non-hydrogen) atoms. The monoisotopic (exact) mass is 458 g/mol. The van der Waals surface area contributed by atoms with E-state index in [-0.39, 0.29) is 4.90 Å². The minimum absolute atomic E-state index is 0.0814. The van der Waals surface area contributed by atoms with Gasteiger partial charge in [0.2, 0.25) is 0 Å². The van der Waals surface area contributed by atoms with Gasteiger partial charge in [0.05, 0.1) is 4.90 Å². The maximum Gasteiger partial charge on any atom is 0.316 e. The molecule has 2 aromatic rings. The van der Waals surface area contributed by atoms with Gasteiger partial charge in [-0.1, -0.05) is 12.1 Å². The molecular weight excluding hydrogens is 427 g/mol. The van der Waals surface area contributed by atoms with Gasteiger partial charge in [0.25, 0.3) is 0 Å². The van der Waals surface area contributed by atoms with E-state index in [0.717, 1.165) is 62.9 Å². The number of benzene rings is 2. The van der Waals surface area contributed by atoms with Crippen LogP contribution in [0, 0.1) is 5.82 Å². The van der Waals surface area contributed by atoms with Gasteiger partial charge in [-0.25, -0.2) is 18.5 Å². The lowest BCUT2D eigenvalue weighted by Crippen LogP contribution is -2.30. The molecule has 2 atom stereocenters. The van der Waals surface area contributed by atoms with E-state index in [1.165, 1.54) is 40.8 Å². The first kappa shape index (κ1) is 22.9. The van der Waals surface area contributed by atoms with Gasteiger partial charge in [0.1, 0.15) is 16.8 Å². The van der Waals surface area contributed by atoms with Crippen LogP contribution in [0.5, 0.6) is 0 Å². The first-order valence-corrected chi connectivity index (χ1v) is 12.4. The molecular formula is C24H31FN4O2S. The van der Waals surface area contributed by atoms with E-state index in [0.29, 0.717) is 5.92 Å². The van der Waals surface area contributed by atoms with Gasteiger partial charge in [0, 0.05) is 12.2 Å². The zero-order valence-electron chi connectivity index (χ0n) is 18.5. The highest BCUT2D eigenvalue weighted by Crippen LogP contribution is 2.39. The van der Waals surface area contributed by atoms with Crippen molar-refractivity contribution in [2.75, 3.05) is 25.5 Å². The van der Waals surface area contributed by atoms with Crippen molar-refractivity contribution >= 4 is 22.7 Å². The highest BCUT2D eigenvalue weighted by Gasteiger charge is 2.26. The Morgan fingerprint density at radius 3 is 2.50 bits per heavy atom. The molecule has 0 saturated carbocycles. The highest BCUT2D eigenvalue weighted by molar-refractivity contribution is 7.82. The second-order valence-corrected chi connectivity index (χ2v) is 9.99. The Bertz CT molecular complexity index is 1060. The molecule has 3 aliphatic rings. The van der Waals surface area contributed by atoms with Crippen molar-refractivity contribution in [1.29, 1.82) is 0 Å². The summed E-state index contributed by atoms with van der Waals surface area (Å²) < 4.78 is 24.7. The van der Waals surface area contributed by atoms with E-state index in [9.17, 15) is 13.4 Å². The fourth-order valence-electron chi connectivity index (χ4n) is 5.09. The second-order valence-electron chi connectivity index (χ2n) is 8.96. The summed E-state index contributed by atoms with van der Waals surface area (Å²) in [6, 6.07) is 6.73. The average Bonchev–Trinajstić information content (AvgIpc) is 3.19. The first-order valence-electron chi connectivity index (χ1n) is 11.2. The van der Waals surface area contributed by atoms with E-state index >= 15 is 0 Å². The molecule has 5 N–H and O–H groups in total. The number of nitrogens with zero attached hydrogens (tertiary/aromatic N) is 1. The van der Waals surface area contributed by atoms with Gasteiger partial charge in [-0.15, -0.1) is 0 Å². The predicted octanol–water partition coefficient (Wildman–Crippen LogP) is 3.38. The summed E-state index contributed by atoms with van der Waals surface area (Å²) in [5.41, 5.74) is 12.7. The van der Waals surface area contributed by atoms with Gasteiger partial charge in [-0.2, -0.15) is 0 Å². The van der Waals surface area contributed by atoms with Gasteiger partial charge in [0.15, 0.2) is 0 Å². The van der Waals surface area contributed by atoms with E-state index in [2.05, 4.69) is 23.3 Å². The van der Waals surface area contributed by atoms with Crippen LogP contribution in [0.4, 0.5) is 14.9 Å². The molecule has 2 aromatic carbocycles. The van der Waals surface area contributed by atoms with Crippen LogP contribution in [0.1, 0.15) is 53.0 Å². The molecule has 0 bridgehead atoms. The van der Waals surface area contributed by atoms with Crippen LogP contribution in [0.3, 0.4) is 0 Å². The molecule has 0 aromatic heterocycles. The summed E-state index contributed by atoms with van der Waals surface area (Å²) in [7, 11) is 0.329. The summed E-state index contributed by atoms with van der Waals surface area (Å²) in [5, 5.41) is 7.99. The Morgan fingerprint density at radius 2 is 1.88 bits per heavy atom. The van der Waals surface area contributed by atoms with Crippen LogP contribution in [0.15, 0.2) is 29.2 Å². The molecule has 1 saturated heterocycles. The number of halogens is 1. The third kappa shape index (κ3) is 4.87. The molecule has 172 valence electrons. The Morgan fingerprint density at radius 1 is 1.12 bits per heavy atom. The van der Waals surface area contributed by atoms with Crippen LogP contribution in [-0.4, -0.2) is 35.3 Å². The number of nitrogens with one attached hydrogen (secondary N) is 1. The summed E-state index contributed by atoms with van der Waals surface area (Å²) in [6.07, 6.45) is 7.87. The lowest BCUT2D eigenvalue weighted by Gasteiger charge is -2.30. The van der Waals surface area contributed by atoms with Crippen LogP contribution in [-0.2, 0) is 36.7 Å². The van der Waals surface area contributed by atoms with Gasteiger partial charge in [-0.05, 0) is 104 Å². The lowest BCUT2D eigenvalue weighted by atomic mass is 9.83. The highest BCUT2D eigenvalue weighted by atomic mass is 32.2. The van der Waals surface area contributed by atoms with E-state index in [1.807, 2.05) is 6.07 Å². The predicted molar refractivity (Wildman–Crippen MR) is 126 cm³/mol. The molecule has 2 aliphatic carbocycles. The van der Waals surface area contributed by atoms with Gasteiger partial charge >= 0.3 is 6.03 Å². The van der Waals surface area contributed by atoms with E-state index in [4.69, 9.17) is 10.9 Å². The molecule has 1 aliphatic heterocycles. The first-order chi connectivity index (χ1) is 15.3.